The smallest absolute Gasteiger partial charge is 0.308 e. The van der Waals surface area contributed by atoms with Gasteiger partial charge in [-0.3, -0.25) is 14.4 Å². The predicted octanol–water partition coefficient (Wildman–Crippen LogP) is 0.616. The summed E-state index contributed by atoms with van der Waals surface area (Å²) in [7, 11) is 1.27. The molecule has 0 bridgehead atoms. The Morgan fingerprint density at radius 2 is 1.96 bits per heavy atom. The molecular weight excluding hydrogens is 300 g/mol. The molecule has 0 radical (unpaired) electrons. The Labute approximate surface area is 136 Å². The first-order chi connectivity index (χ1) is 11.0. The number of ether oxygens (including phenoxy) is 2. The second kappa shape index (κ2) is 7.77. The Morgan fingerprint density at radius 1 is 1.26 bits per heavy atom. The van der Waals surface area contributed by atoms with E-state index in [1.54, 1.807) is 4.90 Å². The fraction of sp³-hybridized carbons (Fsp3) is 0.812. The van der Waals surface area contributed by atoms with Gasteiger partial charge in [0.25, 0.3) is 0 Å². The van der Waals surface area contributed by atoms with Gasteiger partial charge in [0, 0.05) is 20.0 Å². The molecular formula is C16H26N2O5. The van der Waals surface area contributed by atoms with Gasteiger partial charge in [-0.1, -0.05) is 19.3 Å². The molecule has 1 atom stereocenters. The summed E-state index contributed by atoms with van der Waals surface area (Å²) in [5, 5.41) is 2.56. The Bertz CT molecular complexity index is 454. The van der Waals surface area contributed by atoms with Gasteiger partial charge in [0.05, 0.1) is 25.7 Å². The number of esters is 1. The highest BCUT2D eigenvalue weighted by Crippen LogP contribution is 2.34. The van der Waals surface area contributed by atoms with E-state index in [0.29, 0.717) is 19.7 Å². The van der Waals surface area contributed by atoms with Crippen molar-refractivity contribution in [3.63, 3.8) is 0 Å². The van der Waals surface area contributed by atoms with Crippen molar-refractivity contribution in [3.05, 3.63) is 0 Å². The van der Waals surface area contributed by atoms with Crippen LogP contribution in [0, 0.1) is 0 Å². The highest BCUT2D eigenvalue weighted by molar-refractivity contribution is 5.90. The van der Waals surface area contributed by atoms with Crippen LogP contribution in [-0.2, 0) is 23.9 Å². The van der Waals surface area contributed by atoms with E-state index in [9.17, 15) is 14.4 Å². The zero-order valence-corrected chi connectivity index (χ0v) is 13.9. The van der Waals surface area contributed by atoms with E-state index in [-0.39, 0.29) is 23.8 Å². The molecule has 1 spiro atoms. The van der Waals surface area contributed by atoms with Crippen LogP contribution in [0.4, 0.5) is 0 Å². The van der Waals surface area contributed by atoms with Crippen LogP contribution in [0.1, 0.15) is 45.4 Å². The van der Waals surface area contributed by atoms with Crippen LogP contribution < -0.4 is 5.32 Å². The Hall–Kier alpha value is -1.63. The lowest BCUT2D eigenvalue weighted by molar-refractivity contribution is -0.160. The summed E-state index contributed by atoms with van der Waals surface area (Å²) in [5.74, 6) is -1.09. The number of nitrogens with zero attached hydrogens (tertiary/aromatic N) is 1. The van der Waals surface area contributed by atoms with Crippen LogP contribution in [0.25, 0.3) is 0 Å². The summed E-state index contributed by atoms with van der Waals surface area (Å²) in [5.41, 5.74) is -0.252. The topological polar surface area (TPSA) is 84.9 Å². The molecule has 1 saturated heterocycles. The molecule has 0 aromatic rings. The maximum Gasteiger partial charge on any atom is 0.308 e. The van der Waals surface area contributed by atoms with Crippen molar-refractivity contribution in [2.45, 2.75) is 57.1 Å². The number of rotatable bonds is 4. The van der Waals surface area contributed by atoms with E-state index < -0.39 is 12.0 Å². The number of nitrogens with one attached hydrogen (secondary N) is 1. The van der Waals surface area contributed by atoms with E-state index >= 15 is 0 Å². The summed E-state index contributed by atoms with van der Waals surface area (Å²) in [4.78, 5) is 37.3. The third-order valence-electron chi connectivity index (χ3n) is 4.60. The highest BCUT2D eigenvalue weighted by Gasteiger charge is 2.40. The second-order valence-electron chi connectivity index (χ2n) is 6.39. The molecule has 2 rings (SSSR count). The summed E-state index contributed by atoms with van der Waals surface area (Å²) < 4.78 is 10.6. The summed E-state index contributed by atoms with van der Waals surface area (Å²) >= 11 is 0. The van der Waals surface area contributed by atoms with E-state index in [2.05, 4.69) is 10.1 Å². The third kappa shape index (κ3) is 4.67. The van der Waals surface area contributed by atoms with Gasteiger partial charge in [-0.25, -0.2) is 0 Å². The highest BCUT2D eigenvalue weighted by atomic mass is 16.5. The fourth-order valence-electron chi connectivity index (χ4n) is 3.45. The van der Waals surface area contributed by atoms with Gasteiger partial charge in [0.15, 0.2) is 0 Å². The first kappa shape index (κ1) is 17.7. The maximum atomic E-state index is 12.8. The van der Waals surface area contributed by atoms with Crippen LogP contribution >= 0.6 is 0 Å². The van der Waals surface area contributed by atoms with E-state index in [4.69, 9.17) is 4.74 Å². The second-order valence-corrected chi connectivity index (χ2v) is 6.39. The Balaban J connectivity index is 2.05. The van der Waals surface area contributed by atoms with Gasteiger partial charge >= 0.3 is 5.97 Å². The Morgan fingerprint density at radius 3 is 2.57 bits per heavy atom. The minimum atomic E-state index is -0.876. The van der Waals surface area contributed by atoms with Gasteiger partial charge in [0.1, 0.15) is 6.04 Å². The molecule has 130 valence electrons. The monoisotopic (exact) mass is 326 g/mol. The zero-order chi connectivity index (χ0) is 16.9. The maximum absolute atomic E-state index is 12.8. The first-order valence-electron chi connectivity index (χ1n) is 8.22. The number of methoxy groups -OCH3 is 1. The van der Waals surface area contributed by atoms with Crippen LogP contribution in [0.3, 0.4) is 0 Å². The largest absolute Gasteiger partial charge is 0.469 e. The van der Waals surface area contributed by atoms with Crippen molar-refractivity contribution in [1.29, 1.82) is 0 Å². The van der Waals surface area contributed by atoms with Crippen molar-refractivity contribution in [2.75, 3.05) is 26.8 Å². The summed E-state index contributed by atoms with van der Waals surface area (Å²) in [6.45, 7) is 2.84. The average molecular weight is 326 g/mol. The van der Waals surface area contributed by atoms with Gasteiger partial charge in [-0.2, -0.15) is 0 Å². The number of morpholine rings is 1. The van der Waals surface area contributed by atoms with E-state index in [1.807, 2.05) is 0 Å². The van der Waals surface area contributed by atoms with E-state index in [1.165, 1.54) is 20.5 Å². The normalized spacial score (nSPS) is 21.6. The van der Waals surface area contributed by atoms with Crippen molar-refractivity contribution in [1.82, 2.24) is 10.2 Å². The molecule has 1 heterocycles. The quantitative estimate of drug-likeness (QED) is 0.765. The molecule has 1 N–H and O–H groups in total. The van der Waals surface area contributed by atoms with Crippen LogP contribution in [0.5, 0.6) is 0 Å². The molecule has 2 fully saturated rings. The molecule has 7 heteroatoms. The molecule has 1 saturated carbocycles. The minimum absolute atomic E-state index is 0.154. The molecule has 23 heavy (non-hydrogen) atoms. The van der Waals surface area contributed by atoms with Crippen LogP contribution in [0.2, 0.25) is 0 Å². The summed E-state index contributed by atoms with van der Waals surface area (Å²) in [6.07, 6.45) is 5.19. The van der Waals surface area contributed by atoms with Gasteiger partial charge in [-0.15, -0.1) is 0 Å². The van der Waals surface area contributed by atoms with Gasteiger partial charge in [-0.05, 0) is 12.8 Å². The third-order valence-corrected chi connectivity index (χ3v) is 4.60. The molecule has 2 aliphatic rings. The first-order valence-corrected chi connectivity index (χ1v) is 8.22. The lowest BCUT2D eigenvalue weighted by atomic mass is 9.83. The number of hydrogen-bond acceptors (Lipinski definition) is 5. The Kier molecular flexibility index (Phi) is 5.98. The molecule has 1 aliphatic carbocycles. The van der Waals surface area contributed by atoms with E-state index in [0.717, 1.165) is 25.7 Å². The number of carbonyl (C=O) groups excluding carboxylic acids is 3. The number of hydrogen-bond donors (Lipinski definition) is 1. The van der Waals surface area contributed by atoms with Crippen LogP contribution in [-0.4, -0.2) is 61.1 Å². The predicted molar refractivity (Wildman–Crippen MR) is 82.6 cm³/mol. The number of carbonyl (C=O) groups is 3. The lowest BCUT2D eigenvalue weighted by Crippen LogP contribution is -2.58. The van der Waals surface area contributed by atoms with Crippen molar-refractivity contribution in [2.24, 2.45) is 0 Å². The molecule has 0 unspecified atom stereocenters. The average Bonchev–Trinajstić information content (AvgIpc) is 2.53. The molecule has 7 nitrogen and oxygen atoms in total. The van der Waals surface area contributed by atoms with Crippen molar-refractivity contribution in [3.8, 4) is 0 Å². The van der Waals surface area contributed by atoms with Crippen molar-refractivity contribution >= 4 is 17.8 Å². The van der Waals surface area contributed by atoms with Crippen LogP contribution in [0.15, 0.2) is 0 Å². The van der Waals surface area contributed by atoms with Crippen molar-refractivity contribution < 1.29 is 23.9 Å². The minimum Gasteiger partial charge on any atom is -0.469 e. The molecule has 1 aliphatic heterocycles. The zero-order valence-electron chi connectivity index (χ0n) is 13.9. The van der Waals surface area contributed by atoms with Gasteiger partial charge < -0.3 is 19.7 Å². The lowest BCUT2D eigenvalue weighted by Gasteiger charge is -2.45. The molecule has 0 aromatic heterocycles. The summed E-state index contributed by atoms with van der Waals surface area (Å²) in [6, 6.07) is -0.876. The number of amides is 2. The van der Waals surface area contributed by atoms with Gasteiger partial charge in [0.2, 0.25) is 11.8 Å². The fourth-order valence-corrected chi connectivity index (χ4v) is 3.45. The SMILES string of the molecule is COC(=O)C[C@@H](NC(C)=O)C(=O)N1CCOC2(CCCCC2)C1. The standard InChI is InChI=1S/C16H26N2O5/c1-12(19)17-13(10-14(20)22-2)15(21)18-8-9-23-16(11-18)6-4-3-5-7-16/h13H,3-11H2,1-2H3,(H,17,19)/t13-/m1/s1. The molecule has 2 amide bonds. The molecule has 0 aromatic carbocycles.